The Labute approximate surface area is 215 Å². The average Bonchev–Trinajstić information content (AvgIpc) is 2.88. The molecule has 1 aromatic heterocycles. The summed E-state index contributed by atoms with van der Waals surface area (Å²) in [5.41, 5.74) is 1.95. The minimum atomic E-state index is -4.03. The van der Waals surface area contributed by atoms with E-state index in [-0.39, 0.29) is 30.0 Å². The number of benzene rings is 3. The number of carbonyl (C=O) groups is 2. The molecule has 3 aromatic carbocycles. The molecule has 190 valence electrons. The van der Waals surface area contributed by atoms with Gasteiger partial charge in [0, 0.05) is 10.9 Å². The van der Waals surface area contributed by atoms with Gasteiger partial charge in [0.05, 0.1) is 36.4 Å². The zero-order valence-electron chi connectivity index (χ0n) is 20.4. The number of para-hydroxylation sites is 1. The molecule has 0 aliphatic carbocycles. The van der Waals surface area contributed by atoms with Gasteiger partial charge in [-0.05, 0) is 18.6 Å². The van der Waals surface area contributed by atoms with Crippen molar-refractivity contribution in [1.82, 2.24) is 10.3 Å². The lowest BCUT2D eigenvalue weighted by atomic mass is 9.99. The van der Waals surface area contributed by atoms with Crippen LogP contribution in [0.4, 0.5) is 0 Å². The number of esters is 1. The molecular formula is C28H26N2O6S. The van der Waals surface area contributed by atoms with Gasteiger partial charge in [-0.25, -0.2) is 4.98 Å². The summed E-state index contributed by atoms with van der Waals surface area (Å²) in [4.78, 5) is 30.9. The van der Waals surface area contributed by atoms with Crippen molar-refractivity contribution < 1.29 is 26.9 Å². The van der Waals surface area contributed by atoms with Crippen molar-refractivity contribution in [2.75, 3.05) is 12.9 Å². The number of aromatic nitrogens is 1. The topological polar surface area (TPSA) is 112 Å². The van der Waals surface area contributed by atoms with E-state index >= 15 is 0 Å². The lowest BCUT2D eigenvalue weighted by molar-refractivity contribution is -0.143. The Morgan fingerprint density at radius 1 is 0.919 bits per heavy atom. The van der Waals surface area contributed by atoms with Crippen LogP contribution in [-0.2, 0) is 19.6 Å². The van der Waals surface area contributed by atoms with Gasteiger partial charge < -0.3 is 14.2 Å². The van der Waals surface area contributed by atoms with Crippen LogP contribution < -0.4 is 9.50 Å². The van der Waals surface area contributed by atoms with Crippen LogP contribution in [0.25, 0.3) is 22.2 Å². The first-order valence-corrected chi connectivity index (χ1v) is 13.5. The first-order chi connectivity index (χ1) is 17.8. The van der Waals surface area contributed by atoms with Crippen LogP contribution in [-0.4, -0.2) is 38.1 Å². The second-order valence-electron chi connectivity index (χ2n) is 8.28. The molecule has 0 fully saturated rings. The fourth-order valence-corrected chi connectivity index (χ4v) is 4.46. The van der Waals surface area contributed by atoms with Gasteiger partial charge in [0.1, 0.15) is 5.69 Å². The predicted octanol–water partition coefficient (Wildman–Crippen LogP) is 4.66. The lowest BCUT2D eigenvalue weighted by Crippen LogP contribution is -2.31. The van der Waals surface area contributed by atoms with E-state index in [1.165, 1.54) is 0 Å². The summed E-state index contributed by atoms with van der Waals surface area (Å²) in [5, 5.41) is 3.30. The number of pyridine rings is 1. The Balaban J connectivity index is 1.89. The first kappa shape index (κ1) is 25.8. The molecule has 0 saturated carbocycles. The van der Waals surface area contributed by atoms with E-state index in [2.05, 4.69) is 10.3 Å². The Morgan fingerprint density at radius 3 is 2.19 bits per heavy atom. The van der Waals surface area contributed by atoms with Gasteiger partial charge in [-0.1, -0.05) is 78.9 Å². The fourth-order valence-electron chi connectivity index (χ4n) is 4.00. The average molecular weight is 519 g/mol. The summed E-state index contributed by atoms with van der Waals surface area (Å²) in [7, 11) is -4.03. The summed E-state index contributed by atoms with van der Waals surface area (Å²) in [5.74, 6) is -1.28. The number of carbonyl (C=O) groups excluding carboxylic acids is 2. The maximum Gasteiger partial charge on any atom is 0.308 e. The number of nitrogens with one attached hydrogen (secondary N) is 1. The van der Waals surface area contributed by atoms with Gasteiger partial charge in [-0.3, -0.25) is 9.59 Å². The molecular weight excluding hydrogens is 492 g/mol. The standard InChI is InChI=1S/C28H26N2O6S/c1-3-35-24(31)18-23(19-12-6-4-7-13-19)30-28(32)25-21-16-10-11-17-22(21)29-26(20-14-8-5-9-15-20)27(25)36-37(2,33)34/h4-17,23H,3,18H2,1-2H3,(H,30,32)/t23-/m0/s1. The molecule has 4 rings (SSSR count). The smallest absolute Gasteiger partial charge is 0.308 e. The zero-order valence-corrected chi connectivity index (χ0v) is 21.2. The summed E-state index contributed by atoms with van der Waals surface area (Å²) in [6.45, 7) is 1.91. The van der Waals surface area contributed by atoms with Crippen LogP contribution >= 0.6 is 0 Å². The molecule has 37 heavy (non-hydrogen) atoms. The van der Waals surface area contributed by atoms with Crippen molar-refractivity contribution in [2.24, 2.45) is 0 Å². The zero-order chi connectivity index (χ0) is 26.4. The highest BCUT2D eigenvalue weighted by atomic mass is 32.2. The normalized spacial score (nSPS) is 12.1. The van der Waals surface area contributed by atoms with E-state index in [1.807, 2.05) is 12.1 Å². The highest BCUT2D eigenvalue weighted by molar-refractivity contribution is 7.86. The molecule has 0 saturated heterocycles. The molecule has 9 heteroatoms. The molecule has 0 spiro atoms. The van der Waals surface area contributed by atoms with E-state index in [0.29, 0.717) is 22.0 Å². The van der Waals surface area contributed by atoms with Crippen LogP contribution in [0.15, 0.2) is 84.9 Å². The van der Waals surface area contributed by atoms with Gasteiger partial charge >= 0.3 is 16.1 Å². The summed E-state index contributed by atoms with van der Waals surface area (Å²) >= 11 is 0. The van der Waals surface area contributed by atoms with E-state index < -0.39 is 28.0 Å². The molecule has 0 aliphatic heterocycles. The summed E-state index contributed by atoms with van der Waals surface area (Å²) < 4.78 is 35.2. The van der Waals surface area contributed by atoms with Gasteiger partial charge in [-0.15, -0.1) is 0 Å². The number of hydrogen-bond acceptors (Lipinski definition) is 7. The van der Waals surface area contributed by atoms with Crippen LogP contribution in [0, 0.1) is 0 Å². The maximum absolute atomic E-state index is 13.9. The SMILES string of the molecule is CCOC(=O)C[C@H](NC(=O)c1c(OS(C)(=O)=O)c(-c2ccccc2)nc2ccccc12)c1ccccc1. The van der Waals surface area contributed by atoms with Crippen LogP contribution in [0.5, 0.6) is 5.75 Å². The Kier molecular flexibility index (Phi) is 7.83. The molecule has 1 heterocycles. The Bertz CT molecular complexity index is 1520. The van der Waals surface area contributed by atoms with Crippen LogP contribution in [0.2, 0.25) is 0 Å². The fraction of sp³-hybridized carbons (Fsp3) is 0.179. The predicted molar refractivity (Wildman–Crippen MR) is 141 cm³/mol. The molecule has 1 amide bonds. The minimum absolute atomic E-state index is 0.000307. The van der Waals surface area contributed by atoms with E-state index in [0.717, 1.165) is 6.26 Å². The molecule has 4 aromatic rings. The second-order valence-corrected chi connectivity index (χ2v) is 9.86. The molecule has 1 N–H and O–H groups in total. The van der Waals surface area contributed by atoms with E-state index in [9.17, 15) is 18.0 Å². The highest BCUT2D eigenvalue weighted by Crippen LogP contribution is 2.37. The van der Waals surface area contributed by atoms with Crippen molar-refractivity contribution >= 4 is 32.9 Å². The minimum Gasteiger partial charge on any atom is -0.466 e. The number of ether oxygens (including phenoxy) is 1. The second kappa shape index (κ2) is 11.2. The largest absolute Gasteiger partial charge is 0.466 e. The molecule has 0 radical (unpaired) electrons. The van der Waals surface area contributed by atoms with Crippen molar-refractivity contribution in [3.8, 4) is 17.0 Å². The van der Waals surface area contributed by atoms with Gasteiger partial charge in [-0.2, -0.15) is 8.42 Å². The number of rotatable bonds is 9. The number of nitrogens with zero attached hydrogens (tertiary/aromatic N) is 1. The van der Waals surface area contributed by atoms with Crippen molar-refractivity contribution in [2.45, 2.75) is 19.4 Å². The molecule has 0 aliphatic rings. The third-order valence-corrected chi connectivity index (χ3v) is 6.01. The number of fused-ring (bicyclic) bond motifs is 1. The van der Waals surface area contributed by atoms with Gasteiger partial charge in [0.15, 0.2) is 5.75 Å². The summed E-state index contributed by atoms with van der Waals surface area (Å²) in [6, 6.07) is 24.0. The molecule has 0 unspecified atom stereocenters. The molecule has 1 atom stereocenters. The van der Waals surface area contributed by atoms with Crippen molar-refractivity contribution in [3.63, 3.8) is 0 Å². The van der Waals surface area contributed by atoms with E-state index in [1.54, 1.807) is 79.7 Å². The Morgan fingerprint density at radius 2 is 1.54 bits per heavy atom. The molecule has 0 bridgehead atoms. The number of amides is 1. The third-order valence-electron chi connectivity index (χ3n) is 5.54. The van der Waals surface area contributed by atoms with Crippen molar-refractivity contribution in [3.05, 3.63) is 96.1 Å². The van der Waals surface area contributed by atoms with Gasteiger partial charge in [0.2, 0.25) is 0 Å². The van der Waals surface area contributed by atoms with Gasteiger partial charge in [0.25, 0.3) is 5.91 Å². The molecule has 8 nitrogen and oxygen atoms in total. The van der Waals surface area contributed by atoms with E-state index in [4.69, 9.17) is 8.92 Å². The maximum atomic E-state index is 13.9. The van der Waals surface area contributed by atoms with Crippen LogP contribution in [0.3, 0.4) is 0 Å². The monoisotopic (exact) mass is 518 g/mol. The lowest BCUT2D eigenvalue weighted by Gasteiger charge is -2.21. The third kappa shape index (κ3) is 6.31. The van der Waals surface area contributed by atoms with Crippen molar-refractivity contribution in [1.29, 1.82) is 0 Å². The highest BCUT2D eigenvalue weighted by Gasteiger charge is 2.28. The van der Waals surface area contributed by atoms with Crippen LogP contribution in [0.1, 0.15) is 35.3 Å². The Hall–Kier alpha value is -4.24. The summed E-state index contributed by atoms with van der Waals surface area (Å²) in [6.07, 6.45) is 0.798. The quantitative estimate of drug-likeness (QED) is 0.253. The number of hydrogen-bond donors (Lipinski definition) is 1. The first-order valence-electron chi connectivity index (χ1n) is 11.7.